The predicted molar refractivity (Wildman–Crippen MR) is 69.8 cm³/mol. The van der Waals surface area contributed by atoms with Gasteiger partial charge in [0.25, 0.3) is 0 Å². The number of hydrogen-bond acceptors (Lipinski definition) is 2. The van der Waals surface area contributed by atoms with E-state index in [0.717, 1.165) is 19.0 Å². The summed E-state index contributed by atoms with van der Waals surface area (Å²) < 4.78 is 0. The Balaban J connectivity index is 1.78. The standard InChI is InChI=1S/C14H26N2O/c1-11(13-7-3-4-8-13)15-12(2)14(17)16-9-5-6-10-16/h11-13,15H,3-10H2,1-2H3/t11-,12?/m1/s1. The first kappa shape index (κ1) is 12.9. The van der Waals surface area contributed by atoms with Gasteiger partial charge in [-0.05, 0) is 45.4 Å². The van der Waals surface area contributed by atoms with E-state index in [-0.39, 0.29) is 6.04 Å². The zero-order valence-electron chi connectivity index (χ0n) is 11.2. The van der Waals surface area contributed by atoms with Crippen LogP contribution >= 0.6 is 0 Å². The van der Waals surface area contributed by atoms with Crippen molar-refractivity contribution in [3.63, 3.8) is 0 Å². The van der Waals surface area contributed by atoms with Crippen molar-refractivity contribution < 1.29 is 4.79 Å². The molecule has 1 heterocycles. The minimum Gasteiger partial charge on any atom is -0.341 e. The molecule has 3 nitrogen and oxygen atoms in total. The molecular weight excluding hydrogens is 212 g/mol. The van der Waals surface area contributed by atoms with Crippen LogP contribution in [0.5, 0.6) is 0 Å². The van der Waals surface area contributed by atoms with Crippen LogP contribution in [0.3, 0.4) is 0 Å². The molecule has 2 rings (SSSR count). The minimum atomic E-state index is -0.0105. The Hall–Kier alpha value is -0.570. The first-order valence-corrected chi connectivity index (χ1v) is 7.23. The summed E-state index contributed by atoms with van der Waals surface area (Å²) in [5.74, 6) is 1.08. The van der Waals surface area contributed by atoms with Crippen LogP contribution in [-0.4, -0.2) is 36.0 Å². The molecular formula is C14H26N2O. The lowest BCUT2D eigenvalue weighted by Crippen LogP contribution is -2.48. The molecule has 1 aliphatic carbocycles. The Morgan fingerprint density at radius 1 is 1.12 bits per heavy atom. The van der Waals surface area contributed by atoms with E-state index in [0.29, 0.717) is 11.9 Å². The van der Waals surface area contributed by atoms with Gasteiger partial charge in [-0.15, -0.1) is 0 Å². The molecule has 0 bridgehead atoms. The molecule has 17 heavy (non-hydrogen) atoms. The molecule has 1 saturated heterocycles. The SMILES string of the molecule is CC(N[C@H](C)C1CCCC1)C(=O)N1CCCC1. The fourth-order valence-electron chi connectivity index (χ4n) is 3.27. The van der Waals surface area contributed by atoms with Gasteiger partial charge in [-0.1, -0.05) is 12.8 Å². The van der Waals surface area contributed by atoms with Crippen LogP contribution < -0.4 is 5.32 Å². The fraction of sp³-hybridized carbons (Fsp3) is 0.929. The maximum absolute atomic E-state index is 12.2. The highest BCUT2D eigenvalue weighted by Gasteiger charge is 2.27. The summed E-state index contributed by atoms with van der Waals surface area (Å²) >= 11 is 0. The number of carbonyl (C=O) groups is 1. The molecule has 0 radical (unpaired) electrons. The van der Waals surface area contributed by atoms with E-state index in [2.05, 4.69) is 12.2 Å². The van der Waals surface area contributed by atoms with Gasteiger partial charge in [0.2, 0.25) is 5.91 Å². The number of carbonyl (C=O) groups excluding carboxylic acids is 1. The lowest BCUT2D eigenvalue weighted by Gasteiger charge is -2.27. The topological polar surface area (TPSA) is 32.3 Å². The van der Waals surface area contributed by atoms with Crippen LogP contribution in [-0.2, 0) is 4.79 Å². The van der Waals surface area contributed by atoms with Gasteiger partial charge in [0.05, 0.1) is 6.04 Å². The Morgan fingerprint density at radius 2 is 1.71 bits per heavy atom. The molecule has 0 aromatic rings. The summed E-state index contributed by atoms with van der Waals surface area (Å²) in [6.45, 7) is 6.18. The van der Waals surface area contributed by atoms with Crippen LogP contribution in [0.2, 0.25) is 0 Å². The van der Waals surface area contributed by atoms with Crippen molar-refractivity contribution in [1.82, 2.24) is 10.2 Å². The van der Waals surface area contributed by atoms with E-state index in [1.807, 2.05) is 11.8 Å². The first-order chi connectivity index (χ1) is 8.18. The molecule has 1 saturated carbocycles. The monoisotopic (exact) mass is 238 g/mol. The third-order valence-electron chi connectivity index (χ3n) is 4.41. The van der Waals surface area contributed by atoms with Gasteiger partial charge in [-0.25, -0.2) is 0 Å². The van der Waals surface area contributed by atoms with E-state index in [1.165, 1.54) is 38.5 Å². The highest BCUT2D eigenvalue weighted by Crippen LogP contribution is 2.27. The summed E-state index contributed by atoms with van der Waals surface area (Å²) in [5.41, 5.74) is 0. The highest BCUT2D eigenvalue weighted by atomic mass is 16.2. The fourth-order valence-corrected chi connectivity index (χ4v) is 3.27. The van der Waals surface area contributed by atoms with Gasteiger partial charge in [-0.2, -0.15) is 0 Å². The van der Waals surface area contributed by atoms with Crippen molar-refractivity contribution in [3.8, 4) is 0 Å². The Morgan fingerprint density at radius 3 is 2.29 bits per heavy atom. The van der Waals surface area contributed by atoms with Gasteiger partial charge in [0.1, 0.15) is 0 Å². The van der Waals surface area contributed by atoms with Crippen LogP contribution in [0.25, 0.3) is 0 Å². The molecule has 0 aromatic carbocycles. The maximum Gasteiger partial charge on any atom is 0.239 e. The Kier molecular flexibility index (Phi) is 4.43. The summed E-state index contributed by atoms with van der Waals surface area (Å²) in [7, 11) is 0. The van der Waals surface area contributed by atoms with Crippen molar-refractivity contribution in [2.75, 3.05) is 13.1 Å². The molecule has 0 spiro atoms. The quantitative estimate of drug-likeness (QED) is 0.814. The largest absolute Gasteiger partial charge is 0.341 e. The number of hydrogen-bond donors (Lipinski definition) is 1. The normalized spacial score (nSPS) is 25.2. The van der Waals surface area contributed by atoms with Crippen LogP contribution in [0, 0.1) is 5.92 Å². The van der Waals surface area contributed by atoms with Gasteiger partial charge < -0.3 is 10.2 Å². The third kappa shape index (κ3) is 3.21. The van der Waals surface area contributed by atoms with Crippen molar-refractivity contribution >= 4 is 5.91 Å². The molecule has 1 aliphatic heterocycles. The van der Waals surface area contributed by atoms with Gasteiger partial charge in [-0.3, -0.25) is 4.79 Å². The van der Waals surface area contributed by atoms with Gasteiger partial charge in [0.15, 0.2) is 0 Å². The van der Waals surface area contributed by atoms with Crippen LogP contribution in [0.15, 0.2) is 0 Å². The summed E-state index contributed by atoms with van der Waals surface area (Å²) in [6, 6.07) is 0.475. The minimum absolute atomic E-state index is 0.0105. The molecule has 2 aliphatic rings. The number of amides is 1. The first-order valence-electron chi connectivity index (χ1n) is 7.23. The third-order valence-corrected chi connectivity index (χ3v) is 4.41. The average molecular weight is 238 g/mol. The van der Waals surface area contributed by atoms with E-state index in [4.69, 9.17) is 0 Å². The van der Waals surface area contributed by atoms with Crippen molar-refractivity contribution in [3.05, 3.63) is 0 Å². The van der Waals surface area contributed by atoms with E-state index < -0.39 is 0 Å². The molecule has 2 atom stereocenters. The van der Waals surface area contributed by atoms with E-state index >= 15 is 0 Å². The van der Waals surface area contributed by atoms with E-state index in [9.17, 15) is 4.79 Å². The van der Waals surface area contributed by atoms with E-state index in [1.54, 1.807) is 0 Å². The molecule has 0 aromatic heterocycles. The number of nitrogens with zero attached hydrogens (tertiary/aromatic N) is 1. The zero-order valence-corrected chi connectivity index (χ0v) is 11.2. The Bertz CT molecular complexity index is 255. The second-order valence-corrected chi connectivity index (χ2v) is 5.75. The smallest absolute Gasteiger partial charge is 0.239 e. The predicted octanol–water partition coefficient (Wildman–Crippen LogP) is 2.17. The van der Waals surface area contributed by atoms with Gasteiger partial charge in [0, 0.05) is 19.1 Å². The molecule has 1 unspecified atom stereocenters. The summed E-state index contributed by atoms with van der Waals surface area (Å²) in [4.78, 5) is 14.2. The maximum atomic E-state index is 12.2. The zero-order chi connectivity index (χ0) is 12.3. The average Bonchev–Trinajstić information content (AvgIpc) is 3.00. The lowest BCUT2D eigenvalue weighted by molar-refractivity contribution is -0.132. The van der Waals surface area contributed by atoms with Crippen LogP contribution in [0.1, 0.15) is 52.4 Å². The molecule has 1 N–H and O–H groups in total. The summed E-state index contributed by atoms with van der Waals surface area (Å²) in [5, 5.41) is 3.51. The molecule has 1 amide bonds. The van der Waals surface area contributed by atoms with Crippen LogP contribution in [0.4, 0.5) is 0 Å². The lowest BCUT2D eigenvalue weighted by atomic mass is 9.99. The second kappa shape index (κ2) is 5.85. The second-order valence-electron chi connectivity index (χ2n) is 5.75. The molecule has 2 fully saturated rings. The number of nitrogens with one attached hydrogen (secondary N) is 1. The number of likely N-dealkylation sites (tertiary alicyclic amines) is 1. The summed E-state index contributed by atoms with van der Waals surface area (Å²) in [6.07, 6.45) is 7.75. The highest BCUT2D eigenvalue weighted by molar-refractivity contribution is 5.81. The van der Waals surface area contributed by atoms with Crippen molar-refractivity contribution in [1.29, 1.82) is 0 Å². The van der Waals surface area contributed by atoms with Crippen molar-refractivity contribution in [2.24, 2.45) is 5.92 Å². The van der Waals surface area contributed by atoms with Gasteiger partial charge >= 0.3 is 0 Å². The Labute approximate surface area is 105 Å². The number of rotatable bonds is 4. The molecule has 3 heteroatoms. The van der Waals surface area contributed by atoms with Crippen molar-refractivity contribution in [2.45, 2.75) is 64.5 Å². The molecule has 98 valence electrons.